The fourth-order valence-corrected chi connectivity index (χ4v) is 2.63. The number of halogens is 1. The number of nitrogen functional groups attached to an aromatic ring is 1. The maximum atomic E-state index is 12.3. The molecule has 6 nitrogen and oxygen atoms in total. The van der Waals surface area contributed by atoms with E-state index in [9.17, 15) is 9.90 Å². The second-order valence-corrected chi connectivity index (χ2v) is 5.66. The van der Waals surface area contributed by atoms with Crippen LogP contribution in [0.2, 0.25) is 0 Å². The van der Waals surface area contributed by atoms with Crippen LogP contribution in [-0.2, 0) is 0 Å². The molecule has 0 spiro atoms. The van der Waals surface area contributed by atoms with Crippen molar-refractivity contribution in [1.82, 2.24) is 14.6 Å². The van der Waals surface area contributed by atoms with Crippen molar-refractivity contribution in [2.24, 2.45) is 0 Å². The largest absolute Gasteiger partial charge is 0.493 e. The van der Waals surface area contributed by atoms with Crippen LogP contribution in [0.3, 0.4) is 0 Å². The second kappa shape index (κ2) is 4.32. The lowest BCUT2D eigenvalue weighted by atomic mass is 10.1. The number of rotatable bonds is 1. The molecule has 0 radical (unpaired) electrons. The monoisotopic (exact) mass is 338 g/mol. The summed E-state index contributed by atoms with van der Waals surface area (Å²) in [6, 6.07) is 6.98. The van der Waals surface area contributed by atoms with Gasteiger partial charge in [0.05, 0.1) is 0 Å². The van der Waals surface area contributed by atoms with Gasteiger partial charge < -0.3 is 10.8 Å². The van der Waals surface area contributed by atoms with Crippen LogP contribution in [-0.4, -0.2) is 19.7 Å². The Hall–Kier alpha value is -1.93. The van der Waals surface area contributed by atoms with Gasteiger partial charge >= 0.3 is 0 Å². The summed E-state index contributed by atoms with van der Waals surface area (Å²) in [6.45, 7) is 0. The first kappa shape index (κ1) is 12.1. The molecule has 0 amide bonds. The summed E-state index contributed by atoms with van der Waals surface area (Å²) in [5.74, 6) is -0.323. The number of aromatic nitrogens is 3. The number of anilines is 1. The number of fused-ring (bicyclic) bond motifs is 1. The molecule has 2 heterocycles. The van der Waals surface area contributed by atoms with Crippen molar-refractivity contribution < 1.29 is 5.11 Å². The molecular weight excluding hydrogens is 332 g/mol. The topological polar surface area (TPSA) is 93.5 Å². The number of nitrogens with zero attached hydrogens (tertiary/aromatic N) is 3. The third-order valence-corrected chi connectivity index (χ3v) is 3.81. The quantitative estimate of drug-likeness (QED) is 0.706. The molecule has 0 unspecified atom stereocenters. The molecule has 0 aliphatic carbocycles. The summed E-state index contributed by atoms with van der Waals surface area (Å²) in [5, 5.41) is 14.0. The molecule has 1 aromatic carbocycles. The van der Waals surface area contributed by atoms with Crippen LogP contribution in [0.25, 0.3) is 16.1 Å². The van der Waals surface area contributed by atoms with Gasteiger partial charge in [-0.2, -0.15) is 9.50 Å². The summed E-state index contributed by atoms with van der Waals surface area (Å²) in [6.07, 6.45) is 0. The lowest BCUT2D eigenvalue weighted by Crippen LogP contribution is -2.17. The zero-order valence-corrected chi connectivity index (χ0v) is 11.8. The van der Waals surface area contributed by atoms with E-state index >= 15 is 0 Å². The van der Waals surface area contributed by atoms with Crippen molar-refractivity contribution in [2.75, 3.05) is 5.73 Å². The van der Waals surface area contributed by atoms with Gasteiger partial charge in [-0.3, -0.25) is 4.79 Å². The van der Waals surface area contributed by atoms with E-state index in [2.05, 4.69) is 26.0 Å². The molecule has 0 fully saturated rings. The average Bonchev–Trinajstić information content (AvgIpc) is 2.72. The molecule has 0 atom stereocenters. The van der Waals surface area contributed by atoms with Gasteiger partial charge in [0.25, 0.3) is 5.56 Å². The molecule has 2 aromatic heterocycles. The molecule has 8 heteroatoms. The normalized spacial score (nSPS) is 11.0. The van der Waals surface area contributed by atoms with E-state index in [1.807, 2.05) is 0 Å². The molecule has 96 valence electrons. The van der Waals surface area contributed by atoms with E-state index in [-0.39, 0.29) is 21.5 Å². The minimum Gasteiger partial charge on any atom is -0.493 e. The van der Waals surface area contributed by atoms with Crippen molar-refractivity contribution in [3.8, 4) is 17.0 Å². The first-order valence-corrected chi connectivity index (χ1v) is 6.81. The first-order chi connectivity index (χ1) is 9.06. The maximum Gasteiger partial charge on any atom is 0.287 e. The first-order valence-electron chi connectivity index (χ1n) is 5.20. The third-order valence-electron chi connectivity index (χ3n) is 2.54. The molecule has 19 heavy (non-hydrogen) atoms. The highest BCUT2D eigenvalue weighted by Gasteiger charge is 2.16. The van der Waals surface area contributed by atoms with Crippen LogP contribution in [0.1, 0.15) is 0 Å². The van der Waals surface area contributed by atoms with Crippen LogP contribution in [0.15, 0.2) is 33.5 Å². The predicted octanol–water partition coefficient (Wildman–Crippen LogP) is 1.87. The Kier molecular flexibility index (Phi) is 2.76. The van der Waals surface area contributed by atoms with Crippen LogP contribution in [0.5, 0.6) is 5.88 Å². The highest BCUT2D eigenvalue weighted by atomic mass is 79.9. The van der Waals surface area contributed by atoms with Crippen molar-refractivity contribution in [3.05, 3.63) is 39.1 Å². The smallest absolute Gasteiger partial charge is 0.287 e. The fraction of sp³-hybridized carbons (Fsp3) is 0. The van der Waals surface area contributed by atoms with Crippen molar-refractivity contribution in [1.29, 1.82) is 0 Å². The van der Waals surface area contributed by atoms with Gasteiger partial charge in [0.2, 0.25) is 16.0 Å². The molecule has 3 rings (SSSR count). The standard InChI is InChI=1S/C11H7BrN4O2S/c12-6-3-1-5(2-4-6)7-8(17)14-11-16(9(7)18)15-10(13)19-11/h1-4,17H,(H2,13,15). The molecule has 3 N–H and O–H groups in total. The molecule has 0 aliphatic rings. The lowest BCUT2D eigenvalue weighted by molar-refractivity contribution is 0.455. The highest BCUT2D eigenvalue weighted by molar-refractivity contribution is 9.10. The molecule has 0 bridgehead atoms. The van der Waals surface area contributed by atoms with E-state index < -0.39 is 5.56 Å². The van der Waals surface area contributed by atoms with Gasteiger partial charge in [0, 0.05) is 4.47 Å². The SMILES string of the molecule is Nc1nn2c(=O)c(-c3ccc(Br)cc3)c(O)nc2s1. The summed E-state index contributed by atoms with van der Waals surface area (Å²) in [5.41, 5.74) is 5.77. The summed E-state index contributed by atoms with van der Waals surface area (Å²) in [4.78, 5) is 16.5. The number of hydrogen-bond acceptors (Lipinski definition) is 6. The maximum absolute atomic E-state index is 12.3. The Labute approximate surface area is 119 Å². The Morgan fingerprint density at radius 1 is 1.32 bits per heavy atom. The van der Waals surface area contributed by atoms with Crippen LogP contribution in [0.4, 0.5) is 5.13 Å². The average molecular weight is 339 g/mol. The van der Waals surface area contributed by atoms with Crippen molar-refractivity contribution in [3.63, 3.8) is 0 Å². The van der Waals surface area contributed by atoms with Gasteiger partial charge in [0.1, 0.15) is 5.56 Å². The molecule has 0 saturated carbocycles. The zero-order valence-electron chi connectivity index (χ0n) is 9.37. The highest BCUT2D eigenvalue weighted by Crippen LogP contribution is 2.26. The zero-order chi connectivity index (χ0) is 13.6. The van der Waals surface area contributed by atoms with Crippen molar-refractivity contribution >= 4 is 37.4 Å². The van der Waals surface area contributed by atoms with Gasteiger partial charge in [-0.25, -0.2) is 0 Å². The summed E-state index contributed by atoms with van der Waals surface area (Å²) < 4.78 is 1.97. The number of nitrogens with two attached hydrogens (primary N) is 1. The fourth-order valence-electron chi connectivity index (χ4n) is 1.72. The van der Waals surface area contributed by atoms with Crippen LogP contribution < -0.4 is 11.3 Å². The second-order valence-electron chi connectivity index (χ2n) is 3.76. The third kappa shape index (κ3) is 1.98. The molecule has 3 aromatic rings. The number of benzene rings is 1. The van der Waals surface area contributed by atoms with E-state index in [0.717, 1.165) is 20.3 Å². The van der Waals surface area contributed by atoms with E-state index in [4.69, 9.17) is 5.73 Å². The van der Waals surface area contributed by atoms with Gasteiger partial charge in [-0.05, 0) is 17.7 Å². The lowest BCUT2D eigenvalue weighted by Gasteiger charge is -2.03. The van der Waals surface area contributed by atoms with Crippen LogP contribution >= 0.6 is 27.3 Å². The predicted molar refractivity (Wildman–Crippen MR) is 76.3 cm³/mol. The Morgan fingerprint density at radius 3 is 2.68 bits per heavy atom. The van der Waals surface area contributed by atoms with Crippen molar-refractivity contribution in [2.45, 2.75) is 0 Å². The Bertz CT molecular complexity index is 825. The molecule has 0 saturated heterocycles. The van der Waals surface area contributed by atoms with E-state index in [0.29, 0.717) is 5.56 Å². The van der Waals surface area contributed by atoms with E-state index in [1.54, 1.807) is 24.3 Å². The minimum atomic E-state index is -0.447. The van der Waals surface area contributed by atoms with Crippen LogP contribution in [0, 0.1) is 0 Å². The van der Waals surface area contributed by atoms with Gasteiger partial charge in [-0.15, -0.1) is 5.10 Å². The van der Waals surface area contributed by atoms with Gasteiger partial charge in [0.15, 0.2) is 0 Å². The number of aromatic hydroxyl groups is 1. The number of hydrogen-bond donors (Lipinski definition) is 2. The summed E-state index contributed by atoms with van der Waals surface area (Å²) >= 11 is 4.35. The minimum absolute atomic E-state index is 0.107. The summed E-state index contributed by atoms with van der Waals surface area (Å²) in [7, 11) is 0. The van der Waals surface area contributed by atoms with E-state index in [1.165, 1.54) is 0 Å². The Morgan fingerprint density at radius 2 is 2.00 bits per heavy atom. The van der Waals surface area contributed by atoms with Gasteiger partial charge in [-0.1, -0.05) is 39.4 Å². The molecular formula is C11H7BrN4O2S. The Balaban J connectivity index is 2.34. The molecule has 0 aliphatic heterocycles.